The Kier molecular flexibility index (Phi) is 4.29. The molecule has 4 nitrogen and oxygen atoms in total. The summed E-state index contributed by atoms with van der Waals surface area (Å²) in [7, 11) is -3.68. The van der Waals surface area contributed by atoms with Gasteiger partial charge in [-0.2, -0.15) is 0 Å². The third-order valence-electron chi connectivity index (χ3n) is 3.03. The predicted octanol–water partition coefficient (Wildman–Crippen LogP) is 2.74. The maximum absolute atomic E-state index is 12.5. The summed E-state index contributed by atoms with van der Waals surface area (Å²) in [5, 5.41) is 0. The largest absolute Gasteiger partial charge is 0.389 e. The molecule has 0 saturated heterocycles. The van der Waals surface area contributed by atoms with Gasteiger partial charge in [0.1, 0.15) is 4.99 Å². The molecule has 2 aromatic rings. The molecule has 0 radical (unpaired) electrons. The average molecular weight is 320 g/mol. The van der Waals surface area contributed by atoms with Gasteiger partial charge in [-0.25, -0.2) is 8.42 Å². The molecule has 2 rings (SSSR count). The Morgan fingerprint density at radius 3 is 2.48 bits per heavy atom. The van der Waals surface area contributed by atoms with Gasteiger partial charge in [0.25, 0.3) is 10.0 Å². The van der Waals surface area contributed by atoms with Crippen LogP contribution in [0.4, 0.5) is 5.69 Å². The topological polar surface area (TPSA) is 72.2 Å². The molecule has 2 aromatic carbocycles. The Hall–Kier alpha value is -1.92. The normalized spacial score (nSPS) is 11.1. The van der Waals surface area contributed by atoms with Gasteiger partial charge in [0.2, 0.25) is 0 Å². The van der Waals surface area contributed by atoms with Crippen LogP contribution in [0.3, 0.4) is 0 Å². The molecule has 0 saturated carbocycles. The van der Waals surface area contributed by atoms with E-state index < -0.39 is 10.0 Å². The van der Waals surface area contributed by atoms with Gasteiger partial charge in [-0.05, 0) is 43.2 Å². The molecule has 0 atom stereocenters. The summed E-state index contributed by atoms with van der Waals surface area (Å²) >= 11 is 4.90. The number of nitrogens with one attached hydrogen (secondary N) is 1. The Bertz CT molecular complexity index is 799. The molecule has 0 heterocycles. The lowest BCUT2D eigenvalue weighted by Gasteiger charge is -2.12. The van der Waals surface area contributed by atoms with Crippen LogP contribution in [0.25, 0.3) is 0 Å². The van der Waals surface area contributed by atoms with Crippen molar-refractivity contribution < 1.29 is 8.42 Å². The average Bonchev–Trinajstić information content (AvgIpc) is 2.38. The van der Waals surface area contributed by atoms with Crippen molar-refractivity contribution in [3.63, 3.8) is 0 Å². The van der Waals surface area contributed by atoms with Gasteiger partial charge in [-0.3, -0.25) is 4.72 Å². The number of thiocarbonyl (C=S) groups is 1. The molecule has 6 heteroatoms. The van der Waals surface area contributed by atoms with E-state index in [-0.39, 0.29) is 9.88 Å². The Morgan fingerprint density at radius 2 is 1.86 bits per heavy atom. The lowest BCUT2D eigenvalue weighted by atomic mass is 10.1. The second-order valence-corrected chi connectivity index (χ2v) is 6.91. The molecular weight excluding hydrogens is 304 g/mol. The monoisotopic (exact) mass is 320 g/mol. The highest BCUT2D eigenvalue weighted by atomic mass is 32.2. The van der Waals surface area contributed by atoms with Gasteiger partial charge in [-0.15, -0.1) is 0 Å². The van der Waals surface area contributed by atoms with Crippen LogP contribution in [0, 0.1) is 13.8 Å². The Morgan fingerprint density at radius 1 is 1.14 bits per heavy atom. The predicted molar refractivity (Wildman–Crippen MR) is 89.1 cm³/mol. The number of hydrogen-bond acceptors (Lipinski definition) is 3. The third kappa shape index (κ3) is 3.59. The second-order valence-electron chi connectivity index (χ2n) is 4.82. The van der Waals surface area contributed by atoms with Crippen LogP contribution >= 0.6 is 12.2 Å². The van der Waals surface area contributed by atoms with Crippen molar-refractivity contribution in [3.05, 3.63) is 59.2 Å². The van der Waals surface area contributed by atoms with Crippen LogP contribution in [0.5, 0.6) is 0 Å². The zero-order chi connectivity index (χ0) is 15.6. The van der Waals surface area contributed by atoms with Gasteiger partial charge in [0.15, 0.2) is 0 Å². The SMILES string of the molecule is Cc1cccc(NS(=O)(=O)c2cc(C(N)=S)ccc2C)c1. The highest BCUT2D eigenvalue weighted by Crippen LogP contribution is 2.21. The van der Waals surface area contributed by atoms with E-state index in [2.05, 4.69) is 4.72 Å². The molecule has 0 aromatic heterocycles. The van der Waals surface area contributed by atoms with E-state index in [1.54, 1.807) is 37.3 Å². The van der Waals surface area contributed by atoms with Gasteiger partial charge >= 0.3 is 0 Å². The number of benzene rings is 2. The van der Waals surface area contributed by atoms with Crippen molar-refractivity contribution in [2.24, 2.45) is 5.73 Å². The zero-order valence-electron chi connectivity index (χ0n) is 11.8. The number of aryl methyl sites for hydroxylation is 2. The van der Waals surface area contributed by atoms with Crippen molar-refractivity contribution in [1.29, 1.82) is 0 Å². The van der Waals surface area contributed by atoms with Crippen molar-refractivity contribution >= 4 is 32.9 Å². The standard InChI is InChI=1S/C15H16N2O2S2/c1-10-4-3-5-13(8-10)17-21(18,19)14-9-12(15(16)20)7-6-11(14)2/h3-9,17H,1-2H3,(H2,16,20). The van der Waals surface area contributed by atoms with Crippen molar-refractivity contribution in [3.8, 4) is 0 Å². The Balaban J connectivity index is 2.44. The molecule has 0 amide bonds. The quantitative estimate of drug-likeness (QED) is 0.850. The third-order valence-corrected chi connectivity index (χ3v) is 4.79. The Labute approximate surface area is 130 Å². The molecule has 0 bridgehead atoms. The fourth-order valence-corrected chi connectivity index (χ4v) is 3.41. The molecular formula is C15H16N2O2S2. The van der Waals surface area contributed by atoms with Gasteiger partial charge in [-0.1, -0.05) is 36.5 Å². The van der Waals surface area contributed by atoms with Crippen molar-refractivity contribution in [2.45, 2.75) is 18.7 Å². The van der Waals surface area contributed by atoms with E-state index in [1.807, 2.05) is 13.0 Å². The molecule has 0 aliphatic heterocycles. The minimum Gasteiger partial charge on any atom is -0.389 e. The van der Waals surface area contributed by atoms with Crippen molar-refractivity contribution in [2.75, 3.05) is 4.72 Å². The molecule has 0 aliphatic rings. The van der Waals surface area contributed by atoms with Crippen LogP contribution in [0.1, 0.15) is 16.7 Å². The summed E-state index contributed by atoms with van der Waals surface area (Å²) in [6, 6.07) is 12.1. The maximum Gasteiger partial charge on any atom is 0.262 e. The minimum absolute atomic E-state index is 0.169. The number of sulfonamides is 1. The van der Waals surface area contributed by atoms with Crippen LogP contribution in [0.15, 0.2) is 47.4 Å². The maximum atomic E-state index is 12.5. The van der Waals surface area contributed by atoms with Gasteiger partial charge in [0, 0.05) is 11.3 Å². The summed E-state index contributed by atoms with van der Waals surface area (Å²) in [6.45, 7) is 3.63. The smallest absolute Gasteiger partial charge is 0.262 e. The van der Waals surface area contributed by atoms with E-state index in [0.29, 0.717) is 16.8 Å². The fourth-order valence-electron chi connectivity index (χ4n) is 1.96. The van der Waals surface area contributed by atoms with Crippen molar-refractivity contribution in [1.82, 2.24) is 0 Å². The van der Waals surface area contributed by atoms with Crippen LogP contribution in [0.2, 0.25) is 0 Å². The lowest BCUT2D eigenvalue weighted by molar-refractivity contribution is 0.600. The first-order valence-corrected chi connectivity index (χ1v) is 8.19. The van der Waals surface area contributed by atoms with Crippen LogP contribution in [-0.2, 0) is 10.0 Å². The molecule has 0 spiro atoms. The van der Waals surface area contributed by atoms with E-state index in [1.165, 1.54) is 6.07 Å². The van der Waals surface area contributed by atoms with E-state index >= 15 is 0 Å². The highest BCUT2D eigenvalue weighted by Gasteiger charge is 2.18. The summed E-state index contributed by atoms with van der Waals surface area (Å²) in [6.07, 6.45) is 0. The first-order chi connectivity index (χ1) is 9.79. The first kappa shape index (κ1) is 15.5. The molecule has 21 heavy (non-hydrogen) atoms. The number of nitrogens with two attached hydrogens (primary N) is 1. The van der Waals surface area contributed by atoms with Crippen LogP contribution < -0.4 is 10.5 Å². The van der Waals surface area contributed by atoms with E-state index in [4.69, 9.17) is 18.0 Å². The summed E-state index contributed by atoms with van der Waals surface area (Å²) in [5.41, 5.74) is 8.23. The minimum atomic E-state index is -3.68. The second kappa shape index (κ2) is 5.83. The first-order valence-electron chi connectivity index (χ1n) is 6.29. The van der Waals surface area contributed by atoms with E-state index in [0.717, 1.165) is 5.56 Å². The summed E-state index contributed by atoms with van der Waals surface area (Å²) in [4.78, 5) is 0.344. The number of hydrogen-bond donors (Lipinski definition) is 2. The molecule has 0 unspecified atom stereocenters. The lowest BCUT2D eigenvalue weighted by Crippen LogP contribution is -2.16. The van der Waals surface area contributed by atoms with Crippen LogP contribution in [-0.4, -0.2) is 13.4 Å². The van der Waals surface area contributed by atoms with Gasteiger partial charge in [0.05, 0.1) is 4.90 Å². The number of rotatable bonds is 4. The van der Waals surface area contributed by atoms with Gasteiger partial charge < -0.3 is 5.73 Å². The molecule has 110 valence electrons. The fraction of sp³-hybridized carbons (Fsp3) is 0.133. The molecule has 0 aliphatic carbocycles. The molecule has 0 fully saturated rings. The van der Waals surface area contributed by atoms with E-state index in [9.17, 15) is 8.42 Å². The summed E-state index contributed by atoms with van der Waals surface area (Å²) in [5.74, 6) is 0. The molecule has 3 N–H and O–H groups in total. The highest BCUT2D eigenvalue weighted by molar-refractivity contribution is 7.92. The number of anilines is 1. The zero-order valence-corrected chi connectivity index (χ0v) is 13.4. The summed E-state index contributed by atoms with van der Waals surface area (Å²) < 4.78 is 27.6.